The highest BCUT2D eigenvalue weighted by Gasteiger charge is 2.57. The Bertz CT molecular complexity index is 199. The zero-order chi connectivity index (χ0) is 6.72. The molecule has 4 atom stereocenters. The molecule has 54 valence electrons. The number of fused-ring (bicyclic) bond motifs is 5. The van der Waals surface area contributed by atoms with Crippen LogP contribution in [0.15, 0.2) is 0 Å². The third kappa shape index (κ3) is 0.386. The summed E-state index contributed by atoms with van der Waals surface area (Å²) in [5.74, 6) is 2.40. The van der Waals surface area contributed by atoms with Crippen molar-refractivity contribution in [2.45, 2.75) is 25.3 Å². The van der Waals surface area contributed by atoms with Crippen LogP contribution in [0.1, 0.15) is 19.3 Å². The lowest BCUT2D eigenvalue weighted by Gasteiger charge is -2.39. The van der Waals surface area contributed by atoms with Crippen LogP contribution in [0.2, 0.25) is 0 Å². The van der Waals surface area contributed by atoms with Crippen LogP contribution in [0.5, 0.6) is 0 Å². The summed E-state index contributed by atoms with van der Waals surface area (Å²) in [6, 6.07) is 0.603. The van der Waals surface area contributed by atoms with Gasteiger partial charge in [-0.25, -0.2) is 0 Å². The van der Waals surface area contributed by atoms with Gasteiger partial charge in [0.1, 0.15) is 0 Å². The van der Waals surface area contributed by atoms with Gasteiger partial charge in [-0.3, -0.25) is 4.79 Å². The van der Waals surface area contributed by atoms with Crippen molar-refractivity contribution in [1.82, 2.24) is 5.32 Å². The summed E-state index contributed by atoms with van der Waals surface area (Å²) < 4.78 is 0. The highest BCUT2D eigenvalue weighted by molar-refractivity contribution is 5.87. The summed E-state index contributed by atoms with van der Waals surface area (Å²) >= 11 is 0. The molecule has 1 N–H and O–H groups in total. The lowest BCUT2D eigenvalue weighted by molar-refractivity contribution is -0.137. The first-order chi connectivity index (χ1) is 4.86. The van der Waals surface area contributed by atoms with E-state index >= 15 is 0 Å². The number of hydrogen-bond donors (Lipinski definition) is 1. The highest BCUT2D eigenvalue weighted by Crippen LogP contribution is 2.51. The molecule has 0 spiro atoms. The Morgan fingerprint density at radius 1 is 1.30 bits per heavy atom. The first kappa shape index (κ1) is 5.16. The molecule has 2 saturated carbocycles. The van der Waals surface area contributed by atoms with Crippen LogP contribution in [0, 0.1) is 17.8 Å². The molecule has 2 nitrogen and oxygen atoms in total. The van der Waals surface area contributed by atoms with Crippen LogP contribution in [-0.2, 0) is 4.79 Å². The number of carbonyl (C=O) groups excluding carboxylic acids is 1. The van der Waals surface area contributed by atoms with E-state index in [4.69, 9.17) is 0 Å². The Morgan fingerprint density at radius 3 is 2.70 bits per heavy atom. The summed E-state index contributed by atoms with van der Waals surface area (Å²) in [5, 5.41) is 3.00. The molecule has 0 aromatic rings. The molecule has 0 aromatic heterocycles. The molecule has 0 aromatic carbocycles. The van der Waals surface area contributed by atoms with E-state index in [9.17, 15) is 4.79 Å². The van der Waals surface area contributed by atoms with E-state index < -0.39 is 0 Å². The predicted molar refractivity (Wildman–Crippen MR) is 36.3 cm³/mol. The quantitative estimate of drug-likeness (QED) is 0.485. The van der Waals surface area contributed by atoms with E-state index in [-0.39, 0.29) is 0 Å². The third-order valence-electron chi connectivity index (χ3n) is 3.53. The van der Waals surface area contributed by atoms with Gasteiger partial charge in [-0.15, -0.1) is 0 Å². The first-order valence-electron chi connectivity index (χ1n) is 4.16. The molecule has 1 amide bonds. The van der Waals surface area contributed by atoms with Crippen LogP contribution in [-0.4, -0.2) is 11.9 Å². The zero-order valence-electron chi connectivity index (χ0n) is 5.84. The fourth-order valence-corrected chi connectivity index (χ4v) is 3.04. The summed E-state index contributed by atoms with van der Waals surface area (Å²) in [4.78, 5) is 11.0. The molecule has 0 unspecified atom stereocenters. The standard InChI is InChI=1S/C8H11NO/c10-8-6-4-1-2-5(3-4)7(6)9-8/h4-7H,1-3H2,(H,9,10)/t4-,5-,6-,7+/m1/s1. The second kappa shape index (κ2) is 1.39. The van der Waals surface area contributed by atoms with Crippen molar-refractivity contribution < 1.29 is 4.79 Å². The van der Waals surface area contributed by atoms with E-state index in [1.54, 1.807) is 0 Å². The first-order valence-corrected chi connectivity index (χ1v) is 4.16. The molecular weight excluding hydrogens is 126 g/mol. The number of nitrogens with one attached hydrogen (secondary N) is 1. The number of β-lactam (4-membered cyclic amide) rings is 1. The molecule has 1 saturated heterocycles. The van der Waals surface area contributed by atoms with Gasteiger partial charge in [0.15, 0.2) is 0 Å². The van der Waals surface area contributed by atoms with E-state index in [1.165, 1.54) is 19.3 Å². The Labute approximate surface area is 60.0 Å². The van der Waals surface area contributed by atoms with Crippen LogP contribution in [0.3, 0.4) is 0 Å². The van der Waals surface area contributed by atoms with Gasteiger partial charge in [0.2, 0.25) is 5.91 Å². The van der Waals surface area contributed by atoms with Crippen molar-refractivity contribution in [2.24, 2.45) is 17.8 Å². The minimum atomic E-state index is 0.331. The Hall–Kier alpha value is -0.530. The van der Waals surface area contributed by atoms with Crippen molar-refractivity contribution in [2.75, 3.05) is 0 Å². The van der Waals surface area contributed by atoms with Gasteiger partial charge in [0, 0.05) is 6.04 Å². The number of carbonyl (C=O) groups is 1. The van der Waals surface area contributed by atoms with Gasteiger partial charge in [-0.05, 0) is 31.1 Å². The van der Waals surface area contributed by atoms with Crippen molar-refractivity contribution >= 4 is 5.91 Å². The maximum atomic E-state index is 11.0. The molecule has 10 heavy (non-hydrogen) atoms. The van der Waals surface area contributed by atoms with E-state index in [2.05, 4.69) is 5.32 Å². The number of rotatable bonds is 0. The van der Waals surface area contributed by atoms with Gasteiger partial charge in [0.05, 0.1) is 5.92 Å². The molecule has 3 aliphatic rings. The predicted octanol–water partition coefficient (Wildman–Crippen LogP) is 0.531. The summed E-state index contributed by atoms with van der Waals surface area (Å²) in [6.45, 7) is 0. The molecular formula is C8H11NO. The second-order valence-electron chi connectivity index (χ2n) is 3.89. The number of amides is 1. The average molecular weight is 137 g/mol. The molecule has 2 heteroatoms. The Balaban J connectivity index is 1.95. The minimum Gasteiger partial charge on any atom is -0.352 e. The monoisotopic (exact) mass is 137 g/mol. The van der Waals surface area contributed by atoms with Crippen molar-refractivity contribution in [1.29, 1.82) is 0 Å². The van der Waals surface area contributed by atoms with E-state index in [0.29, 0.717) is 17.9 Å². The SMILES string of the molecule is O=C1N[C@H]2[C@@H]3CC[C@H](C3)[C@@H]12. The Kier molecular flexibility index (Phi) is 0.715. The van der Waals surface area contributed by atoms with E-state index in [0.717, 1.165) is 11.8 Å². The zero-order valence-corrected chi connectivity index (χ0v) is 5.84. The summed E-state index contributed by atoms with van der Waals surface area (Å²) in [7, 11) is 0. The smallest absolute Gasteiger partial charge is 0.225 e. The molecule has 3 fully saturated rings. The molecule has 1 heterocycles. The molecule has 2 bridgehead atoms. The van der Waals surface area contributed by atoms with Crippen LogP contribution in [0.4, 0.5) is 0 Å². The summed E-state index contributed by atoms with van der Waals surface area (Å²) in [6.07, 6.45) is 4.01. The molecule has 0 radical (unpaired) electrons. The van der Waals surface area contributed by atoms with Gasteiger partial charge in [-0.1, -0.05) is 0 Å². The van der Waals surface area contributed by atoms with Crippen LogP contribution >= 0.6 is 0 Å². The highest BCUT2D eigenvalue weighted by atomic mass is 16.2. The minimum absolute atomic E-state index is 0.331. The van der Waals surface area contributed by atoms with Crippen LogP contribution in [0.25, 0.3) is 0 Å². The fourth-order valence-electron chi connectivity index (χ4n) is 3.04. The number of hydrogen-bond acceptors (Lipinski definition) is 1. The second-order valence-corrected chi connectivity index (χ2v) is 3.89. The maximum absolute atomic E-state index is 11.0. The van der Waals surface area contributed by atoms with Crippen molar-refractivity contribution in [3.8, 4) is 0 Å². The average Bonchev–Trinajstić information content (AvgIpc) is 2.40. The third-order valence-corrected chi connectivity index (χ3v) is 3.53. The lowest BCUT2D eigenvalue weighted by atomic mass is 9.78. The van der Waals surface area contributed by atoms with Crippen LogP contribution < -0.4 is 5.32 Å². The van der Waals surface area contributed by atoms with Gasteiger partial charge in [-0.2, -0.15) is 0 Å². The lowest BCUT2D eigenvalue weighted by Crippen LogP contribution is -2.60. The maximum Gasteiger partial charge on any atom is 0.225 e. The van der Waals surface area contributed by atoms with E-state index in [1.807, 2.05) is 0 Å². The molecule has 3 rings (SSSR count). The van der Waals surface area contributed by atoms with Crippen molar-refractivity contribution in [3.05, 3.63) is 0 Å². The normalized spacial score (nSPS) is 55.8. The molecule has 1 aliphatic heterocycles. The fraction of sp³-hybridized carbons (Fsp3) is 0.875. The van der Waals surface area contributed by atoms with Gasteiger partial charge >= 0.3 is 0 Å². The summed E-state index contributed by atoms with van der Waals surface area (Å²) in [5.41, 5.74) is 0. The topological polar surface area (TPSA) is 29.1 Å². The largest absolute Gasteiger partial charge is 0.352 e. The molecule has 2 aliphatic carbocycles. The Morgan fingerprint density at radius 2 is 2.10 bits per heavy atom. The van der Waals surface area contributed by atoms with Gasteiger partial charge in [0.25, 0.3) is 0 Å². The van der Waals surface area contributed by atoms with Crippen molar-refractivity contribution in [3.63, 3.8) is 0 Å². The van der Waals surface area contributed by atoms with Gasteiger partial charge < -0.3 is 5.32 Å².